The third-order valence-corrected chi connectivity index (χ3v) is 4.00. The number of halogens is 3. The van der Waals surface area contributed by atoms with Gasteiger partial charge in [0.1, 0.15) is 0 Å². The molecule has 0 fully saturated rings. The Morgan fingerprint density at radius 3 is 2.31 bits per heavy atom. The zero-order valence-corrected chi connectivity index (χ0v) is 13.7. The highest BCUT2D eigenvalue weighted by molar-refractivity contribution is 5.70. The molecule has 0 spiro atoms. The van der Waals surface area contributed by atoms with Crippen molar-refractivity contribution in [2.24, 2.45) is 0 Å². The van der Waals surface area contributed by atoms with Crippen LogP contribution in [0.1, 0.15) is 16.7 Å². The van der Waals surface area contributed by atoms with E-state index in [0.717, 1.165) is 28.8 Å². The zero-order chi connectivity index (χ0) is 18.6. The molecule has 0 unspecified atom stereocenters. The number of hydrogen-bond acceptors (Lipinski definition) is 2. The number of alkyl halides is 3. The fourth-order valence-electron chi connectivity index (χ4n) is 2.64. The largest absolute Gasteiger partial charge is 0.416 e. The van der Waals surface area contributed by atoms with Gasteiger partial charge in [0.05, 0.1) is 17.2 Å². The maximum absolute atomic E-state index is 12.7. The molecule has 26 heavy (non-hydrogen) atoms. The van der Waals surface area contributed by atoms with Crippen LogP contribution in [0.3, 0.4) is 0 Å². The van der Waals surface area contributed by atoms with Gasteiger partial charge in [-0.1, -0.05) is 48.5 Å². The van der Waals surface area contributed by atoms with Gasteiger partial charge in [-0.15, -0.1) is 0 Å². The van der Waals surface area contributed by atoms with Crippen LogP contribution >= 0.6 is 0 Å². The van der Waals surface area contributed by atoms with E-state index in [-0.39, 0.29) is 0 Å². The van der Waals surface area contributed by atoms with Crippen LogP contribution in [0.2, 0.25) is 0 Å². The van der Waals surface area contributed by atoms with E-state index in [4.69, 9.17) is 0 Å². The molecule has 2 nitrogen and oxygen atoms in total. The van der Waals surface area contributed by atoms with Gasteiger partial charge >= 0.3 is 6.18 Å². The Morgan fingerprint density at radius 2 is 1.62 bits per heavy atom. The summed E-state index contributed by atoms with van der Waals surface area (Å²) in [7, 11) is 0. The van der Waals surface area contributed by atoms with Crippen LogP contribution in [0.25, 0.3) is 11.1 Å². The molecule has 130 valence electrons. The number of hydrogen-bond donors (Lipinski definition) is 1. The van der Waals surface area contributed by atoms with Crippen molar-refractivity contribution < 1.29 is 13.2 Å². The van der Waals surface area contributed by atoms with E-state index in [0.29, 0.717) is 17.8 Å². The average Bonchev–Trinajstić information content (AvgIpc) is 2.66. The minimum absolute atomic E-state index is 0.404. The van der Waals surface area contributed by atoms with E-state index in [2.05, 4.69) is 11.4 Å². The predicted octanol–water partition coefficient (Wildman–Crippen LogP) is 5.86. The summed E-state index contributed by atoms with van der Waals surface area (Å²) in [5, 5.41) is 12.2. The lowest BCUT2D eigenvalue weighted by Crippen LogP contribution is -2.06. The Balaban J connectivity index is 1.72. The number of anilines is 1. The highest BCUT2D eigenvalue weighted by Gasteiger charge is 2.30. The number of nitrogens with zero attached hydrogens (tertiary/aromatic N) is 1. The second kappa shape index (κ2) is 7.32. The lowest BCUT2D eigenvalue weighted by atomic mass is 9.99. The lowest BCUT2D eigenvalue weighted by Gasteiger charge is -2.11. The average molecular weight is 352 g/mol. The van der Waals surface area contributed by atoms with Gasteiger partial charge in [0.2, 0.25) is 0 Å². The number of nitriles is 1. The zero-order valence-electron chi connectivity index (χ0n) is 13.7. The van der Waals surface area contributed by atoms with Gasteiger partial charge in [0.25, 0.3) is 0 Å². The van der Waals surface area contributed by atoms with Crippen LogP contribution in [-0.2, 0) is 12.7 Å². The fourth-order valence-corrected chi connectivity index (χ4v) is 2.64. The van der Waals surface area contributed by atoms with Gasteiger partial charge in [0.15, 0.2) is 0 Å². The minimum atomic E-state index is -4.35. The minimum Gasteiger partial charge on any atom is -0.381 e. The summed E-state index contributed by atoms with van der Waals surface area (Å²) in [6.07, 6.45) is -4.35. The van der Waals surface area contributed by atoms with E-state index < -0.39 is 11.7 Å². The molecule has 0 amide bonds. The predicted molar refractivity (Wildman–Crippen MR) is 95.4 cm³/mol. The molecule has 0 bridgehead atoms. The van der Waals surface area contributed by atoms with Crippen molar-refractivity contribution in [3.8, 4) is 17.2 Å². The molecular weight excluding hydrogens is 337 g/mol. The summed E-state index contributed by atoms with van der Waals surface area (Å²) in [6.45, 7) is 0.404. The normalized spacial score (nSPS) is 11.0. The number of rotatable bonds is 4. The van der Waals surface area contributed by atoms with Crippen molar-refractivity contribution in [1.29, 1.82) is 5.26 Å². The van der Waals surface area contributed by atoms with Crippen LogP contribution in [0.15, 0.2) is 72.8 Å². The molecule has 0 aliphatic carbocycles. The summed E-state index contributed by atoms with van der Waals surface area (Å²) < 4.78 is 38.2. The second-order valence-electron chi connectivity index (χ2n) is 5.79. The van der Waals surface area contributed by atoms with Crippen LogP contribution in [0, 0.1) is 11.3 Å². The van der Waals surface area contributed by atoms with Crippen molar-refractivity contribution in [1.82, 2.24) is 0 Å². The summed E-state index contributed by atoms with van der Waals surface area (Å²) in [4.78, 5) is 0. The first-order valence-electron chi connectivity index (χ1n) is 7.97. The molecule has 0 aliphatic heterocycles. The highest BCUT2D eigenvalue weighted by atomic mass is 19.4. The SMILES string of the molecule is N#Cc1ccccc1-c1ccc(CNc2cccc(C(F)(F)F)c2)cc1. The first-order chi connectivity index (χ1) is 12.5. The Kier molecular flexibility index (Phi) is 4.94. The number of nitrogens with one attached hydrogen (secondary N) is 1. The summed E-state index contributed by atoms with van der Waals surface area (Å²) in [5.41, 5.74) is 3.05. The molecule has 3 rings (SSSR count). The summed E-state index contributed by atoms with van der Waals surface area (Å²) in [5.74, 6) is 0. The van der Waals surface area contributed by atoms with E-state index in [9.17, 15) is 18.4 Å². The maximum atomic E-state index is 12.7. The first-order valence-corrected chi connectivity index (χ1v) is 7.97. The highest BCUT2D eigenvalue weighted by Crippen LogP contribution is 2.31. The monoisotopic (exact) mass is 352 g/mol. The van der Waals surface area contributed by atoms with Crippen molar-refractivity contribution in [3.05, 3.63) is 89.5 Å². The van der Waals surface area contributed by atoms with Gasteiger partial charge in [0, 0.05) is 12.2 Å². The molecule has 3 aromatic carbocycles. The summed E-state index contributed by atoms with van der Waals surface area (Å²) >= 11 is 0. The van der Waals surface area contributed by atoms with Gasteiger partial charge in [-0.3, -0.25) is 0 Å². The molecule has 5 heteroatoms. The van der Waals surface area contributed by atoms with Crippen LogP contribution < -0.4 is 5.32 Å². The fraction of sp³-hybridized carbons (Fsp3) is 0.0952. The molecule has 0 saturated heterocycles. The van der Waals surface area contributed by atoms with Crippen molar-refractivity contribution in [2.45, 2.75) is 12.7 Å². The Hall–Kier alpha value is -3.26. The molecule has 3 aromatic rings. The Bertz CT molecular complexity index is 938. The van der Waals surface area contributed by atoms with Crippen LogP contribution in [0.5, 0.6) is 0 Å². The van der Waals surface area contributed by atoms with Crippen molar-refractivity contribution >= 4 is 5.69 Å². The van der Waals surface area contributed by atoms with E-state index in [1.165, 1.54) is 6.07 Å². The standard InChI is InChI=1S/C21H15F3N2/c22-21(23,24)18-5-3-6-19(12-18)26-14-15-8-10-16(11-9-15)20-7-2-1-4-17(20)13-25/h1-12,26H,14H2. The first kappa shape index (κ1) is 17.6. The topological polar surface area (TPSA) is 35.8 Å². The number of benzene rings is 3. The van der Waals surface area contributed by atoms with Crippen molar-refractivity contribution in [2.75, 3.05) is 5.32 Å². The maximum Gasteiger partial charge on any atom is 0.416 e. The Labute approximate surface area is 149 Å². The quantitative estimate of drug-likeness (QED) is 0.639. The van der Waals surface area contributed by atoms with Crippen LogP contribution in [0.4, 0.5) is 18.9 Å². The van der Waals surface area contributed by atoms with Crippen molar-refractivity contribution in [3.63, 3.8) is 0 Å². The molecule has 1 N–H and O–H groups in total. The smallest absolute Gasteiger partial charge is 0.381 e. The van der Waals surface area contributed by atoms with Crippen LogP contribution in [-0.4, -0.2) is 0 Å². The second-order valence-corrected chi connectivity index (χ2v) is 5.79. The molecule has 0 saturated carbocycles. The molecule has 0 radical (unpaired) electrons. The third-order valence-electron chi connectivity index (χ3n) is 4.00. The molecule has 0 atom stereocenters. The Morgan fingerprint density at radius 1 is 0.885 bits per heavy atom. The van der Waals surface area contributed by atoms with Gasteiger partial charge in [-0.25, -0.2) is 0 Å². The molecular formula is C21H15F3N2. The summed E-state index contributed by atoms with van der Waals surface area (Å²) in [6, 6.07) is 22.2. The third kappa shape index (κ3) is 4.04. The molecule has 0 aromatic heterocycles. The van der Waals surface area contributed by atoms with Gasteiger partial charge in [-0.05, 0) is 41.0 Å². The van der Waals surface area contributed by atoms with Gasteiger partial charge < -0.3 is 5.32 Å². The van der Waals surface area contributed by atoms with E-state index >= 15 is 0 Å². The molecule has 0 aliphatic rings. The van der Waals surface area contributed by atoms with E-state index in [1.54, 1.807) is 12.1 Å². The van der Waals surface area contributed by atoms with Gasteiger partial charge in [-0.2, -0.15) is 18.4 Å². The van der Waals surface area contributed by atoms with E-state index in [1.807, 2.05) is 42.5 Å². The lowest BCUT2D eigenvalue weighted by molar-refractivity contribution is -0.137. The molecule has 0 heterocycles.